The third-order valence-electron chi connectivity index (χ3n) is 8.17. The van der Waals surface area contributed by atoms with Gasteiger partial charge in [-0.05, 0) is 73.9 Å². The van der Waals surface area contributed by atoms with Crippen molar-refractivity contribution in [3.05, 3.63) is 64.0 Å². The Kier molecular flexibility index (Phi) is 8.08. The van der Waals surface area contributed by atoms with Crippen LogP contribution in [-0.2, 0) is 11.4 Å². The van der Waals surface area contributed by atoms with E-state index in [1.807, 2.05) is 38.1 Å². The number of nitriles is 1. The van der Waals surface area contributed by atoms with E-state index in [2.05, 4.69) is 22.4 Å². The molecule has 208 valence electrons. The van der Waals surface area contributed by atoms with Gasteiger partial charge in [0.1, 0.15) is 12.4 Å². The Hall–Kier alpha value is -3.90. The Balaban J connectivity index is 1.30. The monoisotopic (exact) mass is 558 g/mol. The molecule has 0 radical (unpaired) electrons. The zero-order valence-corrected chi connectivity index (χ0v) is 23.9. The van der Waals surface area contributed by atoms with Crippen molar-refractivity contribution in [2.24, 2.45) is 17.8 Å². The molecule has 2 fully saturated rings. The van der Waals surface area contributed by atoms with Gasteiger partial charge in [-0.25, -0.2) is 4.98 Å². The molecule has 3 atom stereocenters. The number of hydrogen-bond acceptors (Lipinski definition) is 7. The number of rotatable bonds is 9. The van der Waals surface area contributed by atoms with E-state index in [4.69, 9.17) is 15.0 Å². The van der Waals surface area contributed by atoms with Crippen LogP contribution in [0.2, 0.25) is 0 Å². The molecule has 1 amide bonds. The number of aryl methyl sites for hydroxylation is 2. The molecule has 0 spiro atoms. The summed E-state index contributed by atoms with van der Waals surface area (Å²) in [5, 5.41) is 21.4. The number of fused-ring (bicyclic) bond motifs is 2. The van der Waals surface area contributed by atoms with Crippen LogP contribution in [0.15, 0.2) is 41.8 Å². The molecule has 9 heteroatoms. The Morgan fingerprint density at radius 1 is 1.18 bits per heavy atom. The second-order valence-electron chi connectivity index (χ2n) is 10.9. The van der Waals surface area contributed by atoms with E-state index < -0.39 is 5.97 Å². The highest BCUT2D eigenvalue weighted by Crippen LogP contribution is 2.44. The fourth-order valence-corrected chi connectivity index (χ4v) is 6.82. The molecule has 2 bridgehead atoms. The molecular weight excluding hydrogens is 524 g/mol. The summed E-state index contributed by atoms with van der Waals surface area (Å²) in [6, 6.07) is 13.7. The van der Waals surface area contributed by atoms with Gasteiger partial charge in [0.25, 0.3) is 5.91 Å². The maximum absolute atomic E-state index is 12.7. The first kappa shape index (κ1) is 27.7. The van der Waals surface area contributed by atoms with Gasteiger partial charge < -0.3 is 19.6 Å². The lowest BCUT2D eigenvalue weighted by atomic mass is 9.85. The lowest BCUT2D eigenvalue weighted by Gasteiger charge is -2.35. The standard InChI is InChI=1S/C31H34N4O4S/c1-19-5-10-27(39-17-24-9-6-21(14-20(24)2)29(36)34(3)12-4-11-32)25(13-19)26-18-40-31(33-26)35-15-22-7-8-23(16-35)28(22)30(37)38/h5-6,9-10,13-14,18,22-23,28H,4,7-8,12,15-17H2,1-3H3,(H,37,38)/t22-,23?,28+/m0/s1. The number of carboxylic acids is 1. The molecule has 1 unspecified atom stereocenters. The van der Waals surface area contributed by atoms with Crippen LogP contribution in [0.3, 0.4) is 0 Å². The lowest BCUT2D eigenvalue weighted by Crippen LogP contribution is -2.44. The zero-order chi connectivity index (χ0) is 28.4. The fourth-order valence-electron chi connectivity index (χ4n) is 5.97. The van der Waals surface area contributed by atoms with Crippen LogP contribution >= 0.6 is 11.3 Å². The highest BCUT2D eigenvalue weighted by atomic mass is 32.1. The molecule has 3 aromatic rings. The first-order chi connectivity index (χ1) is 19.2. The highest BCUT2D eigenvalue weighted by molar-refractivity contribution is 7.14. The van der Waals surface area contributed by atoms with Gasteiger partial charge in [0, 0.05) is 43.2 Å². The number of carboxylic acid groups (broad SMARTS) is 1. The van der Waals surface area contributed by atoms with E-state index in [0.29, 0.717) is 25.1 Å². The van der Waals surface area contributed by atoms with Gasteiger partial charge in [-0.1, -0.05) is 17.7 Å². The van der Waals surface area contributed by atoms with Gasteiger partial charge in [0.15, 0.2) is 5.13 Å². The Morgan fingerprint density at radius 2 is 1.93 bits per heavy atom. The number of carbonyl (C=O) groups is 2. The van der Waals surface area contributed by atoms with E-state index in [0.717, 1.165) is 64.8 Å². The smallest absolute Gasteiger partial charge is 0.307 e. The molecule has 1 aliphatic heterocycles. The van der Waals surface area contributed by atoms with Crippen molar-refractivity contribution < 1.29 is 19.4 Å². The molecule has 40 heavy (non-hydrogen) atoms. The fraction of sp³-hybridized carbons (Fsp3) is 0.419. The predicted molar refractivity (Wildman–Crippen MR) is 155 cm³/mol. The number of aliphatic carboxylic acids is 1. The Morgan fingerprint density at radius 3 is 2.60 bits per heavy atom. The number of ether oxygens (including phenoxy) is 1. The van der Waals surface area contributed by atoms with Gasteiger partial charge in [-0.2, -0.15) is 5.26 Å². The summed E-state index contributed by atoms with van der Waals surface area (Å²) in [6.45, 7) is 6.24. The van der Waals surface area contributed by atoms with Crippen molar-refractivity contribution in [3.63, 3.8) is 0 Å². The molecule has 8 nitrogen and oxygen atoms in total. The minimum absolute atomic E-state index is 0.105. The molecular formula is C31H34N4O4S. The van der Waals surface area contributed by atoms with Crippen LogP contribution in [0.25, 0.3) is 11.3 Å². The predicted octanol–water partition coefficient (Wildman–Crippen LogP) is 5.54. The topological polar surface area (TPSA) is 107 Å². The Labute approximate surface area is 238 Å². The second kappa shape index (κ2) is 11.7. The molecule has 1 aliphatic carbocycles. The summed E-state index contributed by atoms with van der Waals surface area (Å²) in [5.74, 6) is 0.114. The molecule has 2 aliphatic rings. The summed E-state index contributed by atoms with van der Waals surface area (Å²) in [7, 11) is 1.71. The second-order valence-corrected chi connectivity index (χ2v) is 11.8. The summed E-state index contributed by atoms with van der Waals surface area (Å²) in [5.41, 5.74) is 5.42. The van der Waals surface area contributed by atoms with Crippen LogP contribution in [0.1, 0.15) is 46.3 Å². The van der Waals surface area contributed by atoms with Gasteiger partial charge in [-0.3, -0.25) is 9.59 Å². The van der Waals surface area contributed by atoms with Gasteiger partial charge >= 0.3 is 5.97 Å². The quantitative estimate of drug-likeness (QED) is 0.368. The van der Waals surface area contributed by atoms with Gasteiger partial charge in [0.2, 0.25) is 0 Å². The first-order valence-corrected chi connectivity index (χ1v) is 14.5. The van der Waals surface area contributed by atoms with E-state index in [-0.39, 0.29) is 23.7 Å². The number of anilines is 1. The van der Waals surface area contributed by atoms with Gasteiger partial charge in [-0.15, -0.1) is 11.3 Å². The SMILES string of the molecule is Cc1ccc(OCc2ccc(C(=O)N(C)CCC#N)cc2C)c(-c2csc(N3CC4CC[C@@H](C3)[C@H]4C(=O)O)n2)c1. The number of hydrogen-bond donors (Lipinski definition) is 1. The minimum Gasteiger partial charge on any atom is -0.488 e. The van der Waals surface area contributed by atoms with Crippen molar-refractivity contribution in [1.82, 2.24) is 9.88 Å². The van der Waals surface area contributed by atoms with Crippen molar-refractivity contribution in [3.8, 4) is 23.1 Å². The molecule has 1 aromatic heterocycles. The summed E-state index contributed by atoms with van der Waals surface area (Å²) < 4.78 is 6.31. The number of piperidine rings is 1. The van der Waals surface area contributed by atoms with Crippen molar-refractivity contribution in [1.29, 1.82) is 5.26 Å². The van der Waals surface area contributed by atoms with Crippen molar-refractivity contribution in [2.45, 2.75) is 39.7 Å². The van der Waals surface area contributed by atoms with Crippen LogP contribution < -0.4 is 9.64 Å². The maximum atomic E-state index is 12.7. The minimum atomic E-state index is -0.659. The van der Waals surface area contributed by atoms with E-state index in [9.17, 15) is 14.7 Å². The molecule has 2 aromatic carbocycles. The average Bonchev–Trinajstić information content (AvgIpc) is 3.54. The summed E-state index contributed by atoms with van der Waals surface area (Å²) in [6.07, 6.45) is 2.24. The lowest BCUT2D eigenvalue weighted by molar-refractivity contribution is -0.144. The number of carbonyl (C=O) groups excluding carboxylic acids is 1. The van der Waals surface area contributed by atoms with Crippen LogP contribution in [-0.4, -0.2) is 53.5 Å². The highest BCUT2D eigenvalue weighted by Gasteiger charge is 2.46. The molecule has 1 saturated heterocycles. The van der Waals surface area contributed by atoms with Gasteiger partial charge in [0.05, 0.1) is 24.1 Å². The van der Waals surface area contributed by atoms with Crippen LogP contribution in [0, 0.1) is 42.9 Å². The molecule has 1 saturated carbocycles. The maximum Gasteiger partial charge on any atom is 0.307 e. The molecule has 1 N–H and O–H groups in total. The average molecular weight is 559 g/mol. The third kappa shape index (κ3) is 5.68. The summed E-state index contributed by atoms with van der Waals surface area (Å²) >= 11 is 1.59. The first-order valence-electron chi connectivity index (χ1n) is 13.6. The van der Waals surface area contributed by atoms with E-state index in [1.165, 1.54) is 0 Å². The van der Waals surface area contributed by atoms with E-state index >= 15 is 0 Å². The third-order valence-corrected chi connectivity index (χ3v) is 9.07. The number of thiazole rings is 1. The van der Waals surface area contributed by atoms with Crippen molar-refractivity contribution >= 4 is 28.3 Å². The number of benzene rings is 2. The Bertz CT molecular complexity index is 1450. The summed E-state index contributed by atoms with van der Waals surface area (Å²) in [4.78, 5) is 33.2. The van der Waals surface area contributed by atoms with Crippen molar-refractivity contribution in [2.75, 3.05) is 31.6 Å². The van der Waals surface area contributed by atoms with Crippen LogP contribution in [0.5, 0.6) is 5.75 Å². The normalized spacial score (nSPS) is 19.8. The van der Waals surface area contributed by atoms with Crippen LogP contribution in [0.4, 0.5) is 5.13 Å². The molecule has 2 heterocycles. The van der Waals surface area contributed by atoms with E-state index in [1.54, 1.807) is 29.4 Å². The number of amides is 1. The number of nitrogens with zero attached hydrogens (tertiary/aromatic N) is 4. The largest absolute Gasteiger partial charge is 0.488 e. The number of aromatic nitrogens is 1. The molecule has 5 rings (SSSR count). The zero-order valence-electron chi connectivity index (χ0n) is 23.1.